The molecule has 0 N–H and O–H groups in total. The summed E-state index contributed by atoms with van der Waals surface area (Å²) in [5.41, 5.74) is 0. The first kappa shape index (κ1) is 38.1. The molecular formula is C9Br19O. The van der Waals surface area contributed by atoms with Crippen LogP contribution in [-0.4, -0.2) is 28.2 Å². The zero-order valence-electron chi connectivity index (χ0n) is 12.1. The highest BCUT2D eigenvalue weighted by Gasteiger charge is 2.78. The second-order valence-corrected chi connectivity index (χ2v) is 39.2. The van der Waals surface area contributed by atoms with Gasteiger partial charge in [-0.05, 0) is 31.9 Å². The maximum absolute atomic E-state index is 12.8. The van der Waals surface area contributed by atoms with Crippen molar-refractivity contribution in [2.24, 2.45) is 0 Å². The predicted octanol–water partition coefficient (Wildman–Crippen LogP) is 14.1. The maximum Gasteiger partial charge on any atom is 0.239 e. The standard InChI is InChI=1S/C9Br19O/c10-1(11,2(12,13)4(16,17)6(20,21)8(24,25)26)3(14,15)5(18,19)7(22,23)9(27,28)29. The summed E-state index contributed by atoms with van der Waals surface area (Å²) in [7, 11) is 0. The van der Waals surface area contributed by atoms with E-state index in [1.54, 1.807) is 0 Å². The lowest BCUT2D eigenvalue weighted by Crippen LogP contribution is -2.69. The van der Waals surface area contributed by atoms with E-state index in [4.69, 9.17) is 0 Å². The normalized spacial score (nSPS) is 17.0. The summed E-state index contributed by atoms with van der Waals surface area (Å²) in [6.45, 7) is 0. The molecular weight excluding hydrogens is 1640 g/mol. The van der Waals surface area contributed by atoms with E-state index in [9.17, 15) is 5.11 Å². The van der Waals surface area contributed by atoms with Crippen molar-refractivity contribution >= 4 is 303 Å². The summed E-state index contributed by atoms with van der Waals surface area (Å²) in [5.74, 6) is 0. The van der Waals surface area contributed by atoms with Crippen molar-refractivity contribution in [2.75, 3.05) is 0 Å². The Morgan fingerprint density at radius 2 is 0.448 bits per heavy atom. The Morgan fingerprint density at radius 1 is 0.276 bits per heavy atom. The molecule has 29 heavy (non-hydrogen) atoms. The Hall–Kier alpha value is 9.08. The smallest absolute Gasteiger partial charge is 0.202 e. The van der Waals surface area contributed by atoms with E-state index in [-0.39, 0.29) is 0 Å². The minimum absolute atomic E-state index is 0.832. The molecule has 0 aromatic heterocycles. The zero-order valence-corrected chi connectivity index (χ0v) is 42.2. The molecule has 0 saturated heterocycles. The molecule has 0 aliphatic carbocycles. The van der Waals surface area contributed by atoms with Gasteiger partial charge in [0.15, 0.2) is 5.38 Å². The third-order valence-electron chi connectivity index (χ3n) is 3.09. The average molecular weight is 1640 g/mol. The van der Waals surface area contributed by atoms with Crippen LogP contribution in [0.15, 0.2) is 0 Å². The van der Waals surface area contributed by atoms with Gasteiger partial charge in [-0.25, -0.2) is 5.11 Å². The molecule has 0 aliphatic rings. The van der Waals surface area contributed by atoms with Crippen LogP contribution >= 0.6 is 303 Å². The zero-order chi connectivity index (χ0) is 24.5. The molecule has 0 fully saturated rings. The van der Waals surface area contributed by atoms with E-state index in [2.05, 4.69) is 303 Å². The van der Waals surface area contributed by atoms with E-state index >= 15 is 0 Å². The van der Waals surface area contributed by atoms with Gasteiger partial charge in [0, 0.05) is 0 Å². The summed E-state index contributed by atoms with van der Waals surface area (Å²) < 4.78 is -10.7. The molecule has 0 aromatic carbocycles. The van der Waals surface area contributed by atoms with Crippen LogP contribution in [0.4, 0.5) is 0 Å². The minimum Gasteiger partial charge on any atom is -0.202 e. The van der Waals surface area contributed by atoms with Crippen LogP contribution in [0.5, 0.6) is 0 Å². The van der Waals surface area contributed by atoms with Crippen LogP contribution < -0.4 is 0 Å². The number of alkyl halides is 19. The highest BCUT2D eigenvalue weighted by molar-refractivity contribution is 9.42. The highest BCUT2D eigenvalue weighted by Crippen LogP contribution is 2.78. The second kappa shape index (κ2) is 12.1. The second-order valence-electron chi connectivity index (χ2n) is 5.04. The van der Waals surface area contributed by atoms with Gasteiger partial charge in [-0.3, -0.25) is 0 Å². The Labute approximate surface area is 328 Å². The molecule has 0 spiro atoms. The third-order valence-corrected chi connectivity index (χ3v) is 40.7. The van der Waals surface area contributed by atoms with Gasteiger partial charge in [0.2, 0.25) is 3.42 Å². The molecule has 0 rings (SSSR count). The summed E-state index contributed by atoms with van der Waals surface area (Å²) in [6.07, 6.45) is 0. The average Bonchev–Trinajstić information content (AvgIpc) is 2.43. The summed E-state index contributed by atoms with van der Waals surface area (Å²) in [6, 6.07) is 0. The largest absolute Gasteiger partial charge is 0.239 e. The van der Waals surface area contributed by atoms with Crippen LogP contribution in [0.1, 0.15) is 0 Å². The number of hydrogen-bond acceptors (Lipinski definition) is 0. The Balaban J connectivity index is 6.82. The summed E-state index contributed by atoms with van der Waals surface area (Å²) in [4.78, 5) is 0. The van der Waals surface area contributed by atoms with Crippen LogP contribution in [0.3, 0.4) is 0 Å². The van der Waals surface area contributed by atoms with Crippen molar-refractivity contribution in [3.05, 3.63) is 0 Å². The molecule has 0 amide bonds. The fourth-order valence-corrected chi connectivity index (χ4v) is 17.9. The topological polar surface area (TPSA) is 19.9 Å². The van der Waals surface area contributed by atoms with Gasteiger partial charge >= 0.3 is 0 Å². The molecule has 20 heteroatoms. The van der Waals surface area contributed by atoms with E-state index in [0.29, 0.717) is 0 Å². The Morgan fingerprint density at radius 3 is 0.621 bits per heavy atom. The Bertz CT molecular complexity index is 554. The van der Waals surface area contributed by atoms with Gasteiger partial charge in [-0.1, -0.05) is 271 Å². The maximum atomic E-state index is 12.8. The Kier molecular flexibility index (Phi) is 15.9. The molecule has 175 valence electrons. The quantitative estimate of drug-likeness (QED) is 0.226. The van der Waals surface area contributed by atoms with Crippen molar-refractivity contribution in [3.8, 4) is 0 Å². The van der Waals surface area contributed by atoms with Crippen molar-refractivity contribution in [3.63, 3.8) is 0 Å². The van der Waals surface area contributed by atoms with E-state index in [1.807, 2.05) is 0 Å². The first-order chi connectivity index (χ1) is 12.0. The molecule has 1 nitrogen and oxygen atoms in total. The van der Waals surface area contributed by atoms with E-state index in [1.165, 1.54) is 0 Å². The van der Waals surface area contributed by atoms with E-state index in [0.717, 1.165) is 0 Å². The number of rotatable bonds is 7. The SMILES string of the molecule is [O]C(Br)(Br)C(Br)(Br)C(Br)(Br)C(Br)(Br)C(Br)(Br)C(Br)(Br)C(Br)(Br)C(Br)(Br)C(Br)(Br)Br. The van der Waals surface area contributed by atoms with Crippen molar-refractivity contribution in [1.29, 1.82) is 0 Å². The number of halogens is 19. The summed E-state index contributed by atoms with van der Waals surface area (Å²) >= 11 is 68.4. The van der Waals surface area contributed by atoms with Gasteiger partial charge in [0.05, 0.1) is 0 Å². The first-order valence-corrected chi connectivity index (χ1v) is 20.9. The van der Waals surface area contributed by atoms with Crippen LogP contribution in [0, 0.1) is 0 Å². The van der Waals surface area contributed by atoms with Crippen molar-refractivity contribution in [2.45, 2.75) is 28.2 Å². The molecule has 0 aromatic rings. The van der Waals surface area contributed by atoms with Gasteiger partial charge in [-0.2, -0.15) is 0 Å². The lowest BCUT2D eigenvalue weighted by molar-refractivity contribution is 0.137. The molecule has 0 heterocycles. The molecule has 0 bridgehead atoms. The third kappa shape index (κ3) is 6.94. The minimum atomic E-state index is -1.85. The lowest BCUT2D eigenvalue weighted by Gasteiger charge is -2.58. The van der Waals surface area contributed by atoms with Crippen molar-refractivity contribution < 1.29 is 5.11 Å². The van der Waals surface area contributed by atoms with Gasteiger partial charge in [0.25, 0.3) is 0 Å². The number of hydrogen-bond donors (Lipinski definition) is 0. The predicted molar refractivity (Wildman–Crippen MR) is 195 cm³/mol. The van der Waals surface area contributed by atoms with Crippen molar-refractivity contribution in [1.82, 2.24) is 0 Å². The molecule has 0 unspecified atom stereocenters. The monoisotopic (exact) mass is 1620 g/mol. The fourth-order valence-electron chi connectivity index (χ4n) is 1.35. The first-order valence-electron chi connectivity index (χ1n) is 5.79. The van der Waals surface area contributed by atoms with Crippen LogP contribution in [-0.2, 0) is 5.11 Å². The van der Waals surface area contributed by atoms with E-state index < -0.39 is 28.2 Å². The molecule has 0 aliphatic heterocycles. The lowest BCUT2D eigenvalue weighted by atomic mass is 10.1. The summed E-state index contributed by atoms with van der Waals surface area (Å²) in [5, 5.41) is 12.8. The highest BCUT2D eigenvalue weighted by atomic mass is 80.0. The van der Waals surface area contributed by atoms with Gasteiger partial charge in [0.1, 0.15) is 19.4 Å². The van der Waals surface area contributed by atoms with Gasteiger partial charge in [-0.15, -0.1) is 0 Å². The molecule has 1 radical (unpaired) electrons. The van der Waals surface area contributed by atoms with Crippen LogP contribution in [0.2, 0.25) is 0 Å². The molecule has 0 atom stereocenters. The van der Waals surface area contributed by atoms with Crippen LogP contribution in [0.25, 0.3) is 0 Å². The fraction of sp³-hybridized carbons (Fsp3) is 1.00. The molecule has 0 saturated carbocycles. The van der Waals surface area contributed by atoms with Gasteiger partial charge < -0.3 is 0 Å².